The van der Waals surface area contributed by atoms with Gasteiger partial charge in [-0.05, 0) is 24.6 Å². The molecule has 0 saturated heterocycles. The molecule has 5 heteroatoms. The molecule has 0 aliphatic rings. The van der Waals surface area contributed by atoms with E-state index in [0.29, 0.717) is 22.8 Å². The largest absolute Gasteiger partial charge is 0.507 e. The van der Waals surface area contributed by atoms with E-state index in [1.807, 2.05) is 0 Å². The normalized spacial score (nSPS) is 11.7. The van der Waals surface area contributed by atoms with Crippen LogP contribution in [0.2, 0.25) is 0 Å². The third kappa shape index (κ3) is 3.39. The molecular weight excluding hydrogens is 296 g/mol. The van der Waals surface area contributed by atoms with Crippen molar-refractivity contribution in [3.63, 3.8) is 0 Å². The van der Waals surface area contributed by atoms with E-state index >= 15 is 0 Å². The fraction of sp³-hybridized carbons (Fsp3) is 0.278. The number of carbonyl (C=O) groups excluding carboxylic acids is 1. The Morgan fingerprint density at radius 2 is 1.57 bits per heavy atom. The van der Waals surface area contributed by atoms with Gasteiger partial charge < -0.3 is 19.3 Å². The number of ether oxygens (including phenoxy) is 3. The summed E-state index contributed by atoms with van der Waals surface area (Å²) in [5.74, 6) is 0.771. The third-order valence-electron chi connectivity index (χ3n) is 3.69. The molecule has 0 aromatic heterocycles. The molecule has 0 heterocycles. The smallest absolute Gasteiger partial charge is 0.141 e. The lowest BCUT2D eigenvalue weighted by molar-refractivity contribution is -0.117. The number of hydrogen-bond acceptors (Lipinski definition) is 5. The van der Waals surface area contributed by atoms with Gasteiger partial charge in [0, 0.05) is 12.1 Å². The van der Waals surface area contributed by atoms with E-state index < -0.39 is 5.92 Å². The van der Waals surface area contributed by atoms with Gasteiger partial charge in [0.1, 0.15) is 28.8 Å². The Morgan fingerprint density at radius 1 is 0.957 bits per heavy atom. The molecule has 2 rings (SSSR count). The van der Waals surface area contributed by atoms with Gasteiger partial charge in [-0.3, -0.25) is 4.79 Å². The summed E-state index contributed by atoms with van der Waals surface area (Å²) in [5.41, 5.74) is 1.17. The van der Waals surface area contributed by atoms with Crippen LogP contribution in [0, 0.1) is 0 Å². The Hall–Kier alpha value is -2.69. The monoisotopic (exact) mass is 316 g/mol. The van der Waals surface area contributed by atoms with Gasteiger partial charge in [0.2, 0.25) is 0 Å². The summed E-state index contributed by atoms with van der Waals surface area (Å²) in [5, 5.41) is 10.4. The zero-order valence-electron chi connectivity index (χ0n) is 13.6. The highest BCUT2D eigenvalue weighted by Crippen LogP contribution is 2.41. The van der Waals surface area contributed by atoms with Crippen LogP contribution < -0.4 is 14.2 Å². The highest BCUT2D eigenvalue weighted by atomic mass is 16.5. The fourth-order valence-corrected chi connectivity index (χ4v) is 2.57. The number of carbonyl (C=O) groups is 1. The molecule has 0 saturated carbocycles. The van der Waals surface area contributed by atoms with Crippen LogP contribution in [0.3, 0.4) is 0 Å². The molecule has 1 N–H and O–H groups in total. The van der Waals surface area contributed by atoms with Crippen molar-refractivity contribution >= 4 is 5.78 Å². The zero-order valence-corrected chi connectivity index (χ0v) is 13.6. The first kappa shape index (κ1) is 16.7. The van der Waals surface area contributed by atoms with Crippen LogP contribution in [0.25, 0.3) is 0 Å². The van der Waals surface area contributed by atoms with Crippen LogP contribution in [0.5, 0.6) is 23.0 Å². The average molecular weight is 316 g/mol. The Morgan fingerprint density at radius 3 is 2.04 bits per heavy atom. The molecule has 1 atom stereocenters. The van der Waals surface area contributed by atoms with Crippen molar-refractivity contribution in [3.05, 3.63) is 47.5 Å². The number of phenolic OH excluding ortho intramolecular Hbond substituents is 1. The highest BCUT2D eigenvalue weighted by Gasteiger charge is 2.27. The summed E-state index contributed by atoms with van der Waals surface area (Å²) >= 11 is 0. The summed E-state index contributed by atoms with van der Waals surface area (Å²) in [6, 6.07) is 10.3. The first-order valence-electron chi connectivity index (χ1n) is 7.11. The average Bonchev–Trinajstić information content (AvgIpc) is 2.56. The molecule has 23 heavy (non-hydrogen) atoms. The topological polar surface area (TPSA) is 65.0 Å². The first-order valence-corrected chi connectivity index (χ1v) is 7.11. The molecule has 0 fully saturated rings. The third-order valence-corrected chi connectivity index (χ3v) is 3.69. The maximum absolute atomic E-state index is 12.2. The molecule has 122 valence electrons. The Bertz CT molecular complexity index is 691. The maximum Gasteiger partial charge on any atom is 0.141 e. The quantitative estimate of drug-likeness (QED) is 0.887. The second-order valence-electron chi connectivity index (χ2n) is 5.08. The molecule has 0 spiro atoms. The maximum atomic E-state index is 12.2. The summed E-state index contributed by atoms with van der Waals surface area (Å²) in [4.78, 5) is 12.2. The molecule has 0 aliphatic heterocycles. The summed E-state index contributed by atoms with van der Waals surface area (Å²) in [6.45, 7) is 1.48. The standard InChI is InChI=1S/C18H20O5/c1-11(19)17(12-5-7-13(21-2)8-6-12)18-15(20)9-14(22-3)10-16(18)23-4/h5-10,17,20H,1-4H3. The van der Waals surface area contributed by atoms with E-state index in [1.165, 1.54) is 27.2 Å². The van der Waals surface area contributed by atoms with Crippen molar-refractivity contribution in [3.8, 4) is 23.0 Å². The van der Waals surface area contributed by atoms with Gasteiger partial charge in [0.25, 0.3) is 0 Å². The van der Waals surface area contributed by atoms with E-state index in [1.54, 1.807) is 37.4 Å². The number of ketones is 1. The number of Topliss-reactive ketones (excluding diaryl/α,β-unsaturated/α-hetero) is 1. The predicted molar refractivity (Wildman–Crippen MR) is 86.7 cm³/mol. The van der Waals surface area contributed by atoms with Crippen molar-refractivity contribution in [1.29, 1.82) is 0 Å². The van der Waals surface area contributed by atoms with Crippen LogP contribution in [0.1, 0.15) is 24.0 Å². The molecule has 0 amide bonds. The molecule has 0 bridgehead atoms. The SMILES string of the molecule is COc1ccc(C(C(C)=O)c2c(O)cc(OC)cc2OC)cc1. The van der Waals surface area contributed by atoms with Crippen LogP contribution in [0.15, 0.2) is 36.4 Å². The van der Waals surface area contributed by atoms with Gasteiger partial charge in [-0.1, -0.05) is 12.1 Å². The van der Waals surface area contributed by atoms with E-state index in [4.69, 9.17) is 14.2 Å². The summed E-state index contributed by atoms with van der Waals surface area (Å²) < 4.78 is 15.6. The summed E-state index contributed by atoms with van der Waals surface area (Å²) in [7, 11) is 4.57. The van der Waals surface area contributed by atoms with Crippen LogP contribution in [-0.4, -0.2) is 32.2 Å². The van der Waals surface area contributed by atoms with E-state index in [-0.39, 0.29) is 11.5 Å². The molecule has 5 nitrogen and oxygen atoms in total. The second kappa shape index (κ2) is 7.05. The van der Waals surface area contributed by atoms with Crippen molar-refractivity contribution in [2.45, 2.75) is 12.8 Å². The number of methoxy groups -OCH3 is 3. The predicted octanol–water partition coefficient (Wildman–Crippen LogP) is 3.14. The van der Waals surface area contributed by atoms with E-state index in [9.17, 15) is 9.90 Å². The van der Waals surface area contributed by atoms with Gasteiger partial charge in [-0.25, -0.2) is 0 Å². The van der Waals surface area contributed by atoms with Gasteiger partial charge in [-0.15, -0.1) is 0 Å². The molecule has 0 radical (unpaired) electrons. The molecule has 2 aromatic rings. The lowest BCUT2D eigenvalue weighted by Crippen LogP contribution is -2.12. The van der Waals surface area contributed by atoms with Crippen LogP contribution >= 0.6 is 0 Å². The molecule has 1 unspecified atom stereocenters. The second-order valence-corrected chi connectivity index (χ2v) is 5.08. The van der Waals surface area contributed by atoms with E-state index in [2.05, 4.69) is 0 Å². The van der Waals surface area contributed by atoms with Crippen molar-refractivity contribution in [2.24, 2.45) is 0 Å². The first-order chi connectivity index (χ1) is 11.0. The minimum atomic E-state index is -0.637. The minimum Gasteiger partial charge on any atom is -0.507 e. The lowest BCUT2D eigenvalue weighted by Gasteiger charge is -2.20. The molecule has 2 aromatic carbocycles. The minimum absolute atomic E-state index is 0.0442. The lowest BCUT2D eigenvalue weighted by atomic mass is 9.87. The summed E-state index contributed by atoms with van der Waals surface area (Å²) in [6.07, 6.45) is 0. The van der Waals surface area contributed by atoms with Crippen molar-refractivity contribution in [2.75, 3.05) is 21.3 Å². The van der Waals surface area contributed by atoms with Gasteiger partial charge in [0.15, 0.2) is 0 Å². The Labute approximate surface area is 135 Å². The number of hydrogen-bond donors (Lipinski definition) is 1. The fourth-order valence-electron chi connectivity index (χ4n) is 2.57. The number of phenols is 1. The highest BCUT2D eigenvalue weighted by molar-refractivity contribution is 5.88. The van der Waals surface area contributed by atoms with Gasteiger partial charge in [0.05, 0.1) is 32.8 Å². The van der Waals surface area contributed by atoms with Crippen molar-refractivity contribution < 1.29 is 24.1 Å². The zero-order chi connectivity index (χ0) is 17.0. The van der Waals surface area contributed by atoms with Gasteiger partial charge in [-0.2, -0.15) is 0 Å². The Balaban J connectivity index is 2.59. The Kier molecular flexibility index (Phi) is 5.11. The van der Waals surface area contributed by atoms with E-state index in [0.717, 1.165) is 5.56 Å². The van der Waals surface area contributed by atoms with Crippen molar-refractivity contribution in [1.82, 2.24) is 0 Å². The molecule has 0 aliphatic carbocycles. The van der Waals surface area contributed by atoms with Crippen LogP contribution in [-0.2, 0) is 4.79 Å². The number of rotatable bonds is 6. The number of aromatic hydroxyl groups is 1. The molecular formula is C18H20O5. The van der Waals surface area contributed by atoms with Gasteiger partial charge >= 0.3 is 0 Å². The number of benzene rings is 2. The van der Waals surface area contributed by atoms with Crippen LogP contribution in [0.4, 0.5) is 0 Å².